The highest BCUT2D eigenvalue weighted by atomic mass is 16.5. The number of ketones is 1. The van der Waals surface area contributed by atoms with E-state index in [-0.39, 0.29) is 18.6 Å². The van der Waals surface area contributed by atoms with E-state index in [1.54, 1.807) is 0 Å². The monoisotopic (exact) mass is 427 g/mol. The van der Waals surface area contributed by atoms with Crippen molar-refractivity contribution in [3.8, 4) is 0 Å². The van der Waals surface area contributed by atoms with Crippen molar-refractivity contribution in [2.75, 3.05) is 0 Å². The molecule has 6 nitrogen and oxygen atoms in total. The molecule has 3 N–H and O–H groups in total. The van der Waals surface area contributed by atoms with Crippen molar-refractivity contribution < 1.29 is 24.2 Å². The molecule has 2 atom stereocenters. The Morgan fingerprint density at radius 2 is 1.23 bits per heavy atom. The first-order valence-corrected chi connectivity index (χ1v) is 12.1. The normalized spacial score (nSPS) is 13.0. The second-order valence-electron chi connectivity index (χ2n) is 8.36. The van der Waals surface area contributed by atoms with Gasteiger partial charge in [0, 0.05) is 12.8 Å². The van der Waals surface area contributed by atoms with Gasteiger partial charge in [-0.25, -0.2) is 0 Å². The third-order valence-corrected chi connectivity index (χ3v) is 5.46. The van der Waals surface area contributed by atoms with Gasteiger partial charge in [-0.3, -0.25) is 14.4 Å². The van der Waals surface area contributed by atoms with Crippen LogP contribution < -0.4 is 5.73 Å². The molecule has 0 rings (SSSR count). The molecule has 0 aromatic heterocycles. The molecule has 0 spiro atoms. The van der Waals surface area contributed by atoms with E-state index < -0.39 is 24.1 Å². The molecular weight excluding hydrogens is 382 g/mol. The fraction of sp³-hybridized carbons (Fsp3) is 0.875. The molecule has 0 saturated carbocycles. The minimum absolute atomic E-state index is 0.0153. The molecule has 176 valence electrons. The molecule has 0 aliphatic carbocycles. The number of nitrogens with two attached hydrogens (primary N) is 1. The van der Waals surface area contributed by atoms with E-state index in [9.17, 15) is 14.4 Å². The van der Waals surface area contributed by atoms with Gasteiger partial charge in [-0.05, 0) is 25.7 Å². The van der Waals surface area contributed by atoms with Gasteiger partial charge >= 0.3 is 11.9 Å². The molecule has 6 heteroatoms. The number of esters is 1. The fourth-order valence-corrected chi connectivity index (χ4v) is 3.41. The number of hydrogen-bond acceptors (Lipinski definition) is 5. The number of carboxylic acid groups (broad SMARTS) is 1. The molecule has 0 heterocycles. The zero-order valence-electron chi connectivity index (χ0n) is 19.3. The van der Waals surface area contributed by atoms with E-state index in [1.807, 2.05) is 6.92 Å². The van der Waals surface area contributed by atoms with Crippen LogP contribution in [0.15, 0.2) is 0 Å². The Labute approximate surface area is 183 Å². The van der Waals surface area contributed by atoms with Crippen molar-refractivity contribution in [1.82, 2.24) is 0 Å². The topological polar surface area (TPSA) is 107 Å². The molecular formula is C24H45NO5. The molecule has 0 aromatic rings. The molecule has 0 aliphatic heterocycles. The highest BCUT2D eigenvalue weighted by Crippen LogP contribution is 2.15. The molecule has 0 fully saturated rings. The lowest BCUT2D eigenvalue weighted by Gasteiger charge is -2.17. The van der Waals surface area contributed by atoms with Gasteiger partial charge in [0.15, 0.2) is 11.9 Å². The summed E-state index contributed by atoms with van der Waals surface area (Å²) < 4.78 is 5.36. The van der Waals surface area contributed by atoms with Crippen LogP contribution in [0.4, 0.5) is 0 Å². The number of carboxylic acids is 1. The minimum atomic E-state index is -1.14. The van der Waals surface area contributed by atoms with Gasteiger partial charge in [-0.2, -0.15) is 0 Å². The maximum absolute atomic E-state index is 12.5. The van der Waals surface area contributed by atoms with E-state index in [0.29, 0.717) is 12.8 Å². The Bertz CT molecular complexity index is 467. The summed E-state index contributed by atoms with van der Waals surface area (Å²) in [7, 11) is 0. The summed E-state index contributed by atoms with van der Waals surface area (Å²) in [5.74, 6) is -1.70. The first kappa shape index (κ1) is 28.6. The van der Waals surface area contributed by atoms with E-state index in [1.165, 1.54) is 51.4 Å². The maximum atomic E-state index is 12.5. The van der Waals surface area contributed by atoms with Gasteiger partial charge in [0.2, 0.25) is 0 Å². The maximum Gasteiger partial charge on any atom is 0.320 e. The number of aliphatic carboxylic acids is 1. The van der Waals surface area contributed by atoms with Crippen molar-refractivity contribution >= 4 is 17.7 Å². The number of unbranched alkanes of at least 4 members (excludes halogenated alkanes) is 11. The van der Waals surface area contributed by atoms with Gasteiger partial charge in [0.05, 0.1) is 0 Å². The number of carbonyl (C=O) groups is 3. The average Bonchev–Trinajstić information content (AvgIpc) is 2.72. The fourth-order valence-electron chi connectivity index (χ4n) is 3.41. The van der Waals surface area contributed by atoms with Crippen molar-refractivity contribution in [2.24, 2.45) is 5.73 Å². The smallest absolute Gasteiger partial charge is 0.320 e. The Morgan fingerprint density at radius 3 is 1.73 bits per heavy atom. The Balaban J connectivity index is 4.00. The van der Waals surface area contributed by atoms with Crippen molar-refractivity contribution in [1.29, 1.82) is 0 Å². The van der Waals surface area contributed by atoms with Crippen molar-refractivity contribution in [2.45, 2.75) is 135 Å². The van der Waals surface area contributed by atoms with Crippen LogP contribution in [-0.4, -0.2) is 35.0 Å². The Morgan fingerprint density at radius 1 is 0.733 bits per heavy atom. The number of carbonyl (C=O) groups excluding carboxylic acids is 2. The number of Topliss-reactive ketones (excluding diaryl/α,β-unsaturated/α-hetero) is 1. The van der Waals surface area contributed by atoms with Crippen LogP contribution in [0.2, 0.25) is 0 Å². The zero-order chi connectivity index (χ0) is 22.6. The summed E-state index contributed by atoms with van der Waals surface area (Å²) in [4.78, 5) is 35.2. The van der Waals surface area contributed by atoms with Gasteiger partial charge in [-0.1, -0.05) is 84.5 Å². The van der Waals surface area contributed by atoms with Crippen LogP contribution in [0.25, 0.3) is 0 Å². The van der Waals surface area contributed by atoms with Gasteiger partial charge in [-0.15, -0.1) is 0 Å². The average molecular weight is 428 g/mol. The number of ether oxygens (including phenoxy) is 1. The van der Waals surface area contributed by atoms with Crippen molar-refractivity contribution in [3.05, 3.63) is 0 Å². The Hall–Kier alpha value is -1.43. The highest BCUT2D eigenvalue weighted by Gasteiger charge is 2.23. The quantitative estimate of drug-likeness (QED) is 0.184. The molecule has 30 heavy (non-hydrogen) atoms. The van der Waals surface area contributed by atoms with Crippen LogP contribution in [0.1, 0.15) is 123 Å². The molecule has 0 bridgehead atoms. The predicted molar refractivity (Wildman–Crippen MR) is 120 cm³/mol. The Kier molecular flexibility index (Phi) is 18.6. The first-order chi connectivity index (χ1) is 14.4. The lowest BCUT2D eigenvalue weighted by molar-refractivity contribution is -0.156. The summed E-state index contributed by atoms with van der Waals surface area (Å²) in [5.41, 5.74) is 5.41. The van der Waals surface area contributed by atoms with Gasteiger partial charge in [0.25, 0.3) is 0 Å². The molecule has 0 saturated heterocycles. The molecule has 0 amide bonds. The van der Waals surface area contributed by atoms with Crippen molar-refractivity contribution in [3.63, 3.8) is 0 Å². The van der Waals surface area contributed by atoms with Crippen LogP contribution in [0.5, 0.6) is 0 Å². The lowest BCUT2D eigenvalue weighted by Crippen LogP contribution is -2.32. The SMILES string of the molecule is CCCCCCCCCCCCCC(=O)C(CCCC)OC(=O)CC[C@H](N)C(=O)O. The first-order valence-electron chi connectivity index (χ1n) is 12.1. The van der Waals surface area contributed by atoms with Crippen LogP contribution in [-0.2, 0) is 19.1 Å². The zero-order valence-corrected chi connectivity index (χ0v) is 19.3. The van der Waals surface area contributed by atoms with Crippen LogP contribution in [0, 0.1) is 0 Å². The summed E-state index contributed by atoms with van der Waals surface area (Å²) in [6.07, 6.45) is 15.4. The van der Waals surface area contributed by atoms with Crippen LogP contribution in [0.3, 0.4) is 0 Å². The van der Waals surface area contributed by atoms with E-state index >= 15 is 0 Å². The third-order valence-electron chi connectivity index (χ3n) is 5.46. The predicted octanol–water partition coefficient (Wildman–Crippen LogP) is 5.55. The molecule has 0 aromatic carbocycles. The highest BCUT2D eigenvalue weighted by molar-refractivity contribution is 5.85. The van der Waals surface area contributed by atoms with E-state index in [0.717, 1.165) is 32.1 Å². The molecule has 0 aliphatic rings. The van der Waals surface area contributed by atoms with Gasteiger partial charge in [0.1, 0.15) is 6.04 Å². The summed E-state index contributed by atoms with van der Waals surface area (Å²) in [6, 6.07) is -1.08. The minimum Gasteiger partial charge on any atom is -0.480 e. The molecule has 1 unspecified atom stereocenters. The molecule has 0 radical (unpaired) electrons. The summed E-state index contributed by atoms with van der Waals surface area (Å²) in [6.45, 7) is 4.26. The largest absolute Gasteiger partial charge is 0.480 e. The standard InChI is InChI=1S/C24H45NO5/c1-3-5-7-8-9-10-11-12-13-14-15-16-21(26)22(17-6-4-2)30-23(27)19-18-20(25)24(28)29/h20,22H,3-19,25H2,1-2H3,(H,28,29)/t20-,22?/m0/s1. The number of rotatable bonds is 21. The summed E-state index contributed by atoms with van der Waals surface area (Å²) in [5, 5.41) is 8.78. The second-order valence-corrected chi connectivity index (χ2v) is 8.36. The van der Waals surface area contributed by atoms with Crippen LogP contribution >= 0.6 is 0 Å². The van der Waals surface area contributed by atoms with E-state index in [4.69, 9.17) is 15.6 Å². The van der Waals surface area contributed by atoms with E-state index in [2.05, 4.69) is 6.92 Å². The second kappa shape index (κ2) is 19.5. The lowest BCUT2D eigenvalue weighted by atomic mass is 10.0. The number of hydrogen-bond donors (Lipinski definition) is 2. The van der Waals surface area contributed by atoms with Gasteiger partial charge < -0.3 is 15.6 Å². The third kappa shape index (κ3) is 16.4. The summed E-state index contributed by atoms with van der Waals surface area (Å²) >= 11 is 0.